The van der Waals surface area contributed by atoms with Crippen molar-refractivity contribution in [3.63, 3.8) is 0 Å². The summed E-state index contributed by atoms with van der Waals surface area (Å²) in [6.45, 7) is 5.59. The van der Waals surface area contributed by atoms with Crippen molar-refractivity contribution in [2.24, 2.45) is 4.99 Å². The van der Waals surface area contributed by atoms with E-state index in [1.54, 1.807) is 19.0 Å². The molecule has 164 valence electrons. The standard InChI is InChI=1S/C25H33N5O/c1-26-25(27-20-22-11-13-23(14-12-22)24(31)28(2)3)30-18-16-29(17-19-30)15-7-10-21-8-5-4-6-9-21/h4-14H,15-20H2,1-3H3,(H,26,27)/b10-7+. The van der Waals surface area contributed by atoms with Crippen molar-refractivity contribution in [1.29, 1.82) is 0 Å². The summed E-state index contributed by atoms with van der Waals surface area (Å²) in [5.74, 6) is 0.944. The van der Waals surface area contributed by atoms with E-state index < -0.39 is 0 Å². The maximum absolute atomic E-state index is 12.0. The number of nitrogens with one attached hydrogen (secondary N) is 1. The Labute approximate surface area is 185 Å². The average Bonchev–Trinajstić information content (AvgIpc) is 2.81. The van der Waals surface area contributed by atoms with Gasteiger partial charge in [-0.05, 0) is 23.3 Å². The third-order valence-electron chi connectivity index (χ3n) is 5.41. The van der Waals surface area contributed by atoms with Crippen LogP contribution in [0.2, 0.25) is 0 Å². The Hall–Kier alpha value is -3.12. The second-order valence-corrected chi connectivity index (χ2v) is 7.90. The summed E-state index contributed by atoms with van der Waals surface area (Å²) >= 11 is 0. The fraction of sp³-hybridized carbons (Fsp3) is 0.360. The molecular formula is C25H33N5O. The van der Waals surface area contributed by atoms with Crippen molar-refractivity contribution in [3.05, 3.63) is 77.4 Å². The summed E-state index contributed by atoms with van der Waals surface area (Å²) in [6, 6.07) is 18.2. The molecule has 0 unspecified atom stereocenters. The van der Waals surface area contributed by atoms with Gasteiger partial charge in [0.25, 0.3) is 5.91 Å². The molecule has 0 aromatic heterocycles. The first-order valence-electron chi connectivity index (χ1n) is 10.8. The fourth-order valence-corrected chi connectivity index (χ4v) is 3.58. The maximum atomic E-state index is 12.0. The van der Waals surface area contributed by atoms with Crippen LogP contribution in [0.25, 0.3) is 6.08 Å². The van der Waals surface area contributed by atoms with Crippen LogP contribution in [-0.2, 0) is 6.54 Å². The van der Waals surface area contributed by atoms with Gasteiger partial charge in [-0.25, -0.2) is 0 Å². The number of piperazine rings is 1. The number of hydrogen-bond donors (Lipinski definition) is 1. The van der Waals surface area contributed by atoms with Crippen LogP contribution in [0.15, 0.2) is 65.7 Å². The molecule has 1 saturated heterocycles. The molecule has 1 aliphatic heterocycles. The lowest BCUT2D eigenvalue weighted by atomic mass is 10.1. The Bertz CT molecular complexity index is 882. The number of aliphatic imine (C=N–C) groups is 1. The van der Waals surface area contributed by atoms with Gasteiger partial charge >= 0.3 is 0 Å². The van der Waals surface area contributed by atoms with E-state index >= 15 is 0 Å². The van der Waals surface area contributed by atoms with E-state index in [9.17, 15) is 4.79 Å². The van der Waals surface area contributed by atoms with Gasteiger partial charge in [0.2, 0.25) is 0 Å². The molecule has 1 fully saturated rings. The zero-order valence-corrected chi connectivity index (χ0v) is 18.8. The van der Waals surface area contributed by atoms with Crippen molar-refractivity contribution >= 4 is 17.9 Å². The Morgan fingerprint density at radius 1 is 1.03 bits per heavy atom. The van der Waals surface area contributed by atoms with Crippen LogP contribution in [-0.4, -0.2) is 80.4 Å². The van der Waals surface area contributed by atoms with Crippen molar-refractivity contribution in [3.8, 4) is 0 Å². The molecule has 2 aromatic rings. The first-order valence-corrected chi connectivity index (χ1v) is 10.8. The van der Waals surface area contributed by atoms with Gasteiger partial charge in [0.1, 0.15) is 0 Å². The van der Waals surface area contributed by atoms with Gasteiger partial charge in [0.05, 0.1) is 0 Å². The molecule has 0 saturated carbocycles. The third kappa shape index (κ3) is 6.69. The first-order chi connectivity index (χ1) is 15.1. The summed E-state index contributed by atoms with van der Waals surface area (Å²) in [5.41, 5.74) is 3.07. The molecule has 1 heterocycles. The van der Waals surface area contributed by atoms with Crippen LogP contribution < -0.4 is 5.32 Å². The Morgan fingerprint density at radius 3 is 2.32 bits per heavy atom. The lowest BCUT2D eigenvalue weighted by Gasteiger charge is -2.36. The van der Waals surface area contributed by atoms with Crippen LogP contribution in [0.5, 0.6) is 0 Å². The first kappa shape index (κ1) is 22.6. The van der Waals surface area contributed by atoms with Crippen molar-refractivity contribution in [1.82, 2.24) is 20.0 Å². The highest BCUT2D eigenvalue weighted by Crippen LogP contribution is 2.08. The number of rotatable bonds is 6. The van der Waals surface area contributed by atoms with Gasteiger partial charge < -0.3 is 15.1 Å². The van der Waals surface area contributed by atoms with Crippen LogP contribution in [0.3, 0.4) is 0 Å². The van der Waals surface area contributed by atoms with Crippen molar-refractivity contribution < 1.29 is 4.79 Å². The lowest BCUT2D eigenvalue weighted by Crippen LogP contribution is -2.52. The van der Waals surface area contributed by atoms with Gasteiger partial charge in [-0.15, -0.1) is 0 Å². The summed E-state index contributed by atoms with van der Waals surface area (Å²) in [4.78, 5) is 22.8. The van der Waals surface area contributed by atoms with Gasteiger partial charge in [-0.3, -0.25) is 14.7 Å². The number of carbonyl (C=O) groups excluding carboxylic acids is 1. The molecule has 1 amide bonds. The van der Waals surface area contributed by atoms with E-state index in [2.05, 4.69) is 56.5 Å². The number of amides is 1. The molecule has 0 aliphatic carbocycles. The lowest BCUT2D eigenvalue weighted by molar-refractivity contribution is 0.0827. The molecule has 0 spiro atoms. The minimum atomic E-state index is 0.0202. The molecule has 1 N–H and O–H groups in total. The normalized spacial score (nSPS) is 15.3. The second kappa shape index (κ2) is 11.3. The van der Waals surface area contributed by atoms with E-state index in [1.807, 2.05) is 37.4 Å². The van der Waals surface area contributed by atoms with Crippen LogP contribution in [0, 0.1) is 0 Å². The van der Waals surface area contributed by atoms with Crippen LogP contribution in [0.4, 0.5) is 0 Å². The van der Waals surface area contributed by atoms with Gasteiger partial charge in [0.15, 0.2) is 5.96 Å². The Kier molecular flexibility index (Phi) is 8.24. The predicted octanol–water partition coefficient (Wildman–Crippen LogP) is 2.79. The smallest absolute Gasteiger partial charge is 0.253 e. The number of hydrogen-bond acceptors (Lipinski definition) is 3. The Balaban J connectivity index is 1.44. The highest BCUT2D eigenvalue weighted by Gasteiger charge is 2.18. The molecule has 0 atom stereocenters. The molecule has 2 aromatic carbocycles. The highest BCUT2D eigenvalue weighted by molar-refractivity contribution is 5.93. The fourth-order valence-electron chi connectivity index (χ4n) is 3.58. The average molecular weight is 420 g/mol. The zero-order chi connectivity index (χ0) is 22.1. The SMILES string of the molecule is CN=C(NCc1ccc(C(=O)N(C)C)cc1)N1CCN(C/C=C/c2ccccc2)CC1. The van der Waals surface area contributed by atoms with Crippen LogP contribution in [0.1, 0.15) is 21.5 Å². The Morgan fingerprint density at radius 2 is 1.71 bits per heavy atom. The summed E-state index contributed by atoms with van der Waals surface area (Å²) in [6.07, 6.45) is 4.42. The molecule has 0 radical (unpaired) electrons. The van der Waals surface area contributed by atoms with Crippen molar-refractivity contribution in [2.45, 2.75) is 6.54 Å². The predicted molar refractivity (Wildman–Crippen MR) is 128 cm³/mol. The molecule has 31 heavy (non-hydrogen) atoms. The summed E-state index contributed by atoms with van der Waals surface area (Å²) in [7, 11) is 5.36. The maximum Gasteiger partial charge on any atom is 0.253 e. The van der Waals surface area contributed by atoms with E-state index in [1.165, 1.54) is 5.56 Å². The zero-order valence-electron chi connectivity index (χ0n) is 18.8. The van der Waals surface area contributed by atoms with E-state index in [4.69, 9.17) is 0 Å². The largest absolute Gasteiger partial charge is 0.352 e. The van der Waals surface area contributed by atoms with E-state index in [0.29, 0.717) is 12.1 Å². The third-order valence-corrected chi connectivity index (χ3v) is 5.41. The minimum absolute atomic E-state index is 0.0202. The topological polar surface area (TPSA) is 51.2 Å². The number of carbonyl (C=O) groups is 1. The van der Waals surface area contributed by atoms with Crippen molar-refractivity contribution in [2.75, 3.05) is 53.9 Å². The minimum Gasteiger partial charge on any atom is -0.352 e. The van der Waals surface area contributed by atoms with Crippen LogP contribution >= 0.6 is 0 Å². The second-order valence-electron chi connectivity index (χ2n) is 7.90. The monoisotopic (exact) mass is 419 g/mol. The van der Waals surface area contributed by atoms with Gasteiger partial charge in [-0.1, -0.05) is 54.6 Å². The van der Waals surface area contributed by atoms with Gasteiger partial charge in [0, 0.05) is 66.0 Å². The van der Waals surface area contributed by atoms with Gasteiger partial charge in [-0.2, -0.15) is 0 Å². The molecule has 6 nitrogen and oxygen atoms in total. The molecule has 0 bridgehead atoms. The number of guanidine groups is 1. The quantitative estimate of drug-likeness (QED) is 0.578. The number of benzene rings is 2. The van der Waals surface area contributed by atoms with E-state index in [0.717, 1.165) is 44.2 Å². The number of nitrogens with zero attached hydrogens (tertiary/aromatic N) is 4. The summed E-state index contributed by atoms with van der Waals surface area (Å²) in [5, 5.41) is 3.45. The molecule has 3 rings (SSSR count). The summed E-state index contributed by atoms with van der Waals surface area (Å²) < 4.78 is 0. The molecule has 1 aliphatic rings. The molecular weight excluding hydrogens is 386 g/mol. The van der Waals surface area contributed by atoms with E-state index in [-0.39, 0.29) is 5.91 Å². The highest BCUT2D eigenvalue weighted by atomic mass is 16.2. The molecule has 6 heteroatoms.